The van der Waals surface area contributed by atoms with Crippen molar-refractivity contribution in [3.05, 3.63) is 29.3 Å². The van der Waals surface area contributed by atoms with Crippen LogP contribution in [0.5, 0.6) is 5.75 Å². The molecule has 0 amide bonds. The van der Waals surface area contributed by atoms with Crippen LogP contribution < -0.4 is 9.46 Å². The normalized spacial score (nSPS) is 16.4. The monoisotopic (exact) mass is 257 g/mol. The van der Waals surface area contributed by atoms with Crippen molar-refractivity contribution in [2.24, 2.45) is 0 Å². The molecule has 1 aliphatic rings. The molecule has 0 aromatic heterocycles. The van der Waals surface area contributed by atoms with Crippen LogP contribution in [0.1, 0.15) is 17.2 Å². The molecule has 2 N–H and O–H groups in total. The first-order valence-corrected chi connectivity index (χ1v) is 7.23. The lowest BCUT2D eigenvalue weighted by Crippen LogP contribution is -2.27. The van der Waals surface area contributed by atoms with Crippen LogP contribution in [0.2, 0.25) is 0 Å². The van der Waals surface area contributed by atoms with Gasteiger partial charge >= 0.3 is 0 Å². The topological polar surface area (TPSA) is 75.6 Å². The van der Waals surface area contributed by atoms with Crippen LogP contribution in [0, 0.1) is 0 Å². The molecule has 1 heterocycles. The molecular weight excluding hydrogens is 242 g/mol. The fourth-order valence-corrected chi connectivity index (χ4v) is 2.22. The van der Waals surface area contributed by atoms with Gasteiger partial charge in [0.15, 0.2) is 0 Å². The van der Waals surface area contributed by atoms with E-state index < -0.39 is 16.1 Å². The molecule has 0 fully saturated rings. The number of hydrogen-bond donors (Lipinski definition) is 2. The van der Waals surface area contributed by atoms with E-state index in [1.807, 2.05) is 6.07 Å². The highest BCUT2D eigenvalue weighted by molar-refractivity contribution is 7.88. The van der Waals surface area contributed by atoms with Gasteiger partial charge in [-0.2, -0.15) is 0 Å². The predicted molar refractivity (Wildman–Crippen MR) is 63.4 cm³/mol. The quantitative estimate of drug-likeness (QED) is 0.808. The van der Waals surface area contributed by atoms with Crippen LogP contribution in [-0.4, -0.2) is 32.9 Å². The Hall–Kier alpha value is -1.11. The van der Waals surface area contributed by atoms with Gasteiger partial charge in [-0.1, -0.05) is 6.07 Å². The lowest BCUT2D eigenvalue weighted by atomic mass is 10.0. The number of ether oxygens (including phenoxy) is 1. The highest BCUT2D eigenvalue weighted by atomic mass is 32.2. The Balaban J connectivity index is 2.07. The smallest absolute Gasteiger partial charge is 0.208 e. The summed E-state index contributed by atoms with van der Waals surface area (Å²) in [5.74, 6) is 0.844. The number of nitrogens with one attached hydrogen (secondary N) is 1. The number of sulfonamides is 1. The van der Waals surface area contributed by atoms with E-state index in [9.17, 15) is 13.5 Å². The van der Waals surface area contributed by atoms with Crippen molar-refractivity contribution in [2.45, 2.75) is 12.5 Å². The van der Waals surface area contributed by atoms with Crippen molar-refractivity contribution in [3.8, 4) is 5.75 Å². The third kappa shape index (κ3) is 3.18. The van der Waals surface area contributed by atoms with Crippen molar-refractivity contribution in [1.82, 2.24) is 4.72 Å². The average molecular weight is 257 g/mol. The third-order valence-corrected chi connectivity index (χ3v) is 3.33. The summed E-state index contributed by atoms with van der Waals surface area (Å²) in [6.45, 7) is 0.648. The van der Waals surface area contributed by atoms with Gasteiger partial charge in [0.1, 0.15) is 5.75 Å². The summed E-state index contributed by atoms with van der Waals surface area (Å²) in [5, 5.41) is 9.85. The van der Waals surface area contributed by atoms with E-state index in [1.165, 1.54) is 0 Å². The summed E-state index contributed by atoms with van der Waals surface area (Å²) < 4.78 is 29.5. The van der Waals surface area contributed by atoms with Gasteiger partial charge in [0.25, 0.3) is 0 Å². The number of rotatable bonds is 4. The average Bonchev–Trinajstić information content (AvgIpc) is 2.71. The van der Waals surface area contributed by atoms with E-state index in [0.29, 0.717) is 12.2 Å². The maximum absolute atomic E-state index is 10.9. The summed E-state index contributed by atoms with van der Waals surface area (Å²) in [7, 11) is -3.27. The van der Waals surface area contributed by atoms with E-state index >= 15 is 0 Å². The highest BCUT2D eigenvalue weighted by Crippen LogP contribution is 2.27. The van der Waals surface area contributed by atoms with Crippen LogP contribution in [0.15, 0.2) is 18.2 Å². The molecule has 5 nitrogen and oxygen atoms in total. The zero-order valence-electron chi connectivity index (χ0n) is 9.51. The largest absolute Gasteiger partial charge is 0.493 e. The minimum absolute atomic E-state index is 0.0154. The standard InChI is InChI=1S/C11H15NO4S/c1-17(14,15)12-7-10(13)8-2-3-11-9(6-8)4-5-16-11/h2-3,6,10,12-13H,4-5,7H2,1H3. The molecular formula is C11H15NO4S. The SMILES string of the molecule is CS(=O)(=O)NCC(O)c1ccc2c(c1)CCO2. The zero-order valence-corrected chi connectivity index (χ0v) is 10.3. The van der Waals surface area contributed by atoms with Gasteiger partial charge < -0.3 is 9.84 Å². The summed E-state index contributed by atoms with van der Waals surface area (Å²) in [5.41, 5.74) is 1.76. The summed E-state index contributed by atoms with van der Waals surface area (Å²) in [6, 6.07) is 5.41. The fraction of sp³-hybridized carbons (Fsp3) is 0.455. The molecule has 1 unspecified atom stereocenters. The second-order valence-electron chi connectivity index (χ2n) is 4.10. The van der Waals surface area contributed by atoms with E-state index in [2.05, 4.69) is 4.72 Å². The molecule has 2 rings (SSSR count). The van der Waals surface area contributed by atoms with Gasteiger partial charge in [-0.25, -0.2) is 13.1 Å². The van der Waals surface area contributed by atoms with Gasteiger partial charge in [0.2, 0.25) is 10.0 Å². The van der Waals surface area contributed by atoms with Crippen LogP contribution in [0.4, 0.5) is 0 Å². The lowest BCUT2D eigenvalue weighted by molar-refractivity contribution is 0.182. The Kier molecular flexibility index (Phi) is 3.37. The minimum atomic E-state index is -3.27. The van der Waals surface area contributed by atoms with Gasteiger partial charge in [0, 0.05) is 13.0 Å². The molecule has 0 spiro atoms. The second kappa shape index (κ2) is 4.64. The summed E-state index contributed by atoms with van der Waals surface area (Å²) >= 11 is 0. The van der Waals surface area contributed by atoms with Crippen LogP contribution >= 0.6 is 0 Å². The highest BCUT2D eigenvalue weighted by Gasteiger charge is 2.16. The zero-order chi connectivity index (χ0) is 12.5. The number of hydrogen-bond acceptors (Lipinski definition) is 4. The second-order valence-corrected chi connectivity index (χ2v) is 5.94. The number of aliphatic hydroxyl groups is 1. The first-order chi connectivity index (χ1) is 7.96. The number of fused-ring (bicyclic) bond motifs is 1. The van der Waals surface area contributed by atoms with E-state index in [4.69, 9.17) is 4.74 Å². The van der Waals surface area contributed by atoms with E-state index in [0.717, 1.165) is 24.0 Å². The predicted octanol–water partition coefficient (Wildman–Crippen LogP) is 0.204. The van der Waals surface area contributed by atoms with Crippen molar-refractivity contribution in [3.63, 3.8) is 0 Å². The molecule has 94 valence electrons. The molecule has 1 aliphatic heterocycles. The van der Waals surface area contributed by atoms with Gasteiger partial charge in [-0.15, -0.1) is 0 Å². The Bertz CT molecular complexity index is 512. The molecule has 0 bridgehead atoms. The molecule has 1 atom stereocenters. The molecule has 6 heteroatoms. The Morgan fingerprint density at radius 2 is 2.29 bits per heavy atom. The van der Waals surface area contributed by atoms with Gasteiger partial charge in [-0.05, 0) is 23.3 Å². The minimum Gasteiger partial charge on any atom is -0.493 e. The maximum atomic E-state index is 10.9. The Morgan fingerprint density at radius 1 is 1.53 bits per heavy atom. The first kappa shape index (κ1) is 12.3. The Labute approximate surface area is 100 Å². The van der Waals surface area contributed by atoms with Crippen LogP contribution in [0.25, 0.3) is 0 Å². The van der Waals surface area contributed by atoms with E-state index in [-0.39, 0.29) is 6.54 Å². The Morgan fingerprint density at radius 3 is 3.00 bits per heavy atom. The lowest BCUT2D eigenvalue weighted by Gasteiger charge is -2.12. The summed E-state index contributed by atoms with van der Waals surface area (Å²) in [4.78, 5) is 0. The number of aliphatic hydroxyl groups excluding tert-OH is 1. The fourth-order valence-electron chi connectivity index (χ4n) is 1.76. The van der Waals surface area contributed by atoms with Crippen molar-refractivity contribution in [2.75, 3.05) is 19.4 Å². The summed E-state index contributed by atoms with van der Waals surface area (Å²) in [6.07, 6.45) is 1.06. The molecule has 0 radical (unpaired) electrons. The van der Waals surface area contributed by atoms with Crippen LogP contribution in [0.3, 0.4) is 0 Å². The third-order valence-electron chi connectivity index (χ3n) is 2.64. The van der Waals surface area contributed by atoms with E-state index in [1.54, 1.807) is 12.1 Å². The number of benzene rings is 1. The maximum Gasteiger partial charge on any atom is 0.208 e. The first-order valence-electron chi connectivity index (χ1n) is 5.34. The van der Waals surface area contributed by atoms with Gasteiger partial charge in [0.05, 0.1) is 19.0 Å². The van der Waals surface area contributed by atoms with Crippen molar-refractivity contribution < 1.29 is 18.3 Å². The molecule has 17 heavy (non-hydrogen) atoms. The van der Waals surface area contributed by atoms with Crippen LogP contribution in [-0.2, 0) is 16.4 Å². The molecule has 0 saturated heterocycles. The van der Waals surface area contributed by atoms with Crippen molar-refractivity contribution >= 4 is 10.0 Å². The molecule has 1 aromatic rings. The van der Waals surface area contributed by atoms with Crippen molar-refractivity contribution in [1.29, 1.82) is 0 Å². The molecule has 1 aromatic carbocycles. The molecule has 0 aliphatic carbocycles. The van der Waals surface area contributed by atoms with Gasteiger partial charge in [-0.3, -0.25) is 0 Å². The molecule has 0 saturated carbocycles.